The molecule has 3 rings (SSSR count). The fourth-order valence-electron chi connectivity index (χ4n) is 2.00. The van der Waals surface area contributed by atoms with E-state index < -0.39 is 0 Å². The average Bonchev–Trinajstić information content (AvgIpc) is 2.29. The summed E-state index contributed by atoms with van der Waals surface area (Å²) < 4.78 is 2.70. The van der Waals surface area contributed by atoms with Gasteiger partial charge in [-0.2, -0.15) is 0 Å². The summed E-state index contributed by atoms with van der Waals surface area (Å²) in [6.45, 7) is 2.20. The minimum absolute atomic E-state index is 0.0639. The summed E-state index contributed by atoms with van der Waals surface area (Å²) in [6.07, 6.45) is 0. The summed E-state index contributed by atoms with van der Waals surface area (Å²) in [5.74, 6) is 0.821. The molecule has 16 heavy (non-hydrogen) atoms. The molecule has 1 N–H and O–H groups in total. The first-order valence-electron chi connectivity index (χ1n) is 5.15. The summed E-state index contributed by atoms with van der Waals surface area (Å²) in [4.78, 5) is 16.7. The van der Waals surface area contributed by atoms with E-state index in [2.05, 4.69) is 26.2 Å². The molecular formula is C11H10BrN3O. The first-order chi connectivity index (χ1) is 7.75. The molecule has 1 aliphatic heterocycles. The average molecular weight is 280 g/mol. The molecule has 0 saturated carbocycles. The molecule has 0 amide bonds. The Morgan fingerprint density at radius 1 is 1.44 bits per heavy atom. The van der Waals surface area contributed by atoms with Crippen molar-refractivity contribution in [1.29, 1.82) is 0 Å². The van der Waals surface area contributed by atoms with Crippen molar-refractivity contribution in [2.45, 2.75) is 13.1 Å². The summed E-state index contributed by atoms with van der Waals surface area (Å²) in [5, 5.41) is 3.90. The van der Waals surface area contributed by atoms with Crippen LogP contribution in [0.15, 0.2) is 27.5 Å². The zero-order valence-electron chi connectivity index (χ0n) is 8.53. The number of benzene rings is 1. The van der Waals surface area contributed by atoms with Crippen LogP contribution in [-0.4, -0.2) is 16.1 Å². The van der Waals surface area contributed by atoms with Crippen LogP contribution in [0.5, 0.6) is 0 Å². The van der Waals surface area contributed by atoms with Crippen LogP contribution in [0.2, 0.25) is 0 Å². The number of nitrogens with one attached hydrogen (secondary N) is 1. The van der Waals surface area contributed by atoms with E-state index in [1.165, 1.54) is 0 Å². The molecule has 0 atom stereocenters. The molecule has 0 aliphatic carbocycles. The summed E-state index contributed by atoms with van der Waals surface area (Å²) in [5.41, 5.74) is 0.823. The Labute approximate surface area is 100 Å². The Morgan fingerprint density at radius 3 is 3.19 bits per heavy atom. The first kappa shape index (κ1) is 9.99. The lowest BCUT2D eigenvalue weighted by Gasteiger charge is -2.18. The number of hydrogen-bond donors (Lipinski definition) is 1. The molecule has 4 nitrogen and oxygen atoms in total. The van der Waals surface area contributed by atoms with Crippen molar-refractivity contribution in [2.24, 2.45) is 0 Å². The molecule has 82 valence electrons. The molecule has 1 aromatic carbocycles. The lowest BCUT2D eigenvalue weighted by molar-refractivity contribution is 0.486. The highest BCUT2D eigenvalue weighted by Crippen LogP contribution is 2.16. The normalized spacial score (nSPS) is 15.1. The van der Waals surface area contributed by atoms with Gasteiger partial charge in [-0.15, -0.1) is 0 Å². The predicted molar refractivity (Wildman–Crippen MR) is 65.4 cm³/mol. The van der Waals surface area contributed by atoms with Gasteiger partial charge in [0, 0.05) is 17.6 Å². The van der Waals surface area contributed by atoms with Gasteiger partial charge in [0.1, 0.15) is 5.82 Å². The second-order valence-corrected chi connectivity index (χ2v) is 4.74. The third-order valence-corrected chi connectivity index (χ3v) is 3.28. The fourth-order valence-corrected chi connectivity index (χ4v) is 2.35. The minimum Gasteiger partial charge on any atom is -0.308 e. The monoisotopic (exact) mass is 279 g/mol. The molecule has 1 aliphatic rings. The molecule has 0 bridgehead atoms. The van der Waals surface area contributed by atoms with Gasteiger partial charge in [-0.25, -0.2) is 4.98 Å². The molecule has 0 saturated heterocycles. The Morgan fingerprint density at radius 2 is 2.31 bits per heavy atom. The standard InChI is InChI=1S/C11H10BrN3O/c12-7-1-2-8-9(5-7)14-10-6-13-3-4-15(10)11(8)16/h1-2,5,13H,3-4,6H2. The maximum Gasteiger partial charge on any atom is 0.261 e. The van der Waals surface area contributed by atoms with E-state index in [4.69, 9.17) is 0 Å². The Kier molecular flexibility index (Phi) is 2.29. The van der Waals surface area contributed by atoms with Crippen molar-refractivity contribution in [3.63, 3.8) is 0 Å². The lowest BCUT2D eigenvalue weighted by atomic mass is 10.2. The smallest absolute Gasteiger partial charge is 0.261 e. The summed E-state index contributed by atoms with van der Waals surface area (Å²) in [7, 11) is 0. The first-order valence-corrected chi connectivity index (χ1v) is 5.95. The van der Waals surface area contributed by atoms with Crippen LogP contribution in [0.25, 0.3) is 10.9 Å². The highest BCUT2D eigenvalue weighted by atomic mass is 79.9. The van der Waals surface area contributed by atoms with E-state index in [9.17, 15) is 4.79 Å². The van der Waals surface area contributed by atoms with Gasteiger partial charge in [0.05, 0.1) is 17.4 Å². The van der Waals surface area contributed by atoms with E-state index in [1.807, 2.05) is 18.2 Å². The summed E-state index contributed by atoms with van der Waals surface area (Å²) in [6, 6.07) is 5.58. The van der Waals surface area contributed by atoms with Crippen LogP contribution in [0.1, 0.15) is 5.82 Å². The third-order valence-electron chi connectivity index (χ3n) is 2.79. The van der Waals surface area contributed by atoms with Crippen LogP contribution in [0.3, 0.4) is 0 Å². The van der Waals surface area contributed by atoms with Crippen molar-refractivity contribution in [2.75, 3.05) is 6.54 Å². The highest BCUT2D eigenvalue weighted by molar-refractivity contribution is 9.10. The molecule has 1 aromatic heterocycles. The molecule has 2 aromatic rings. The van der Waals surface area contributed by atoms with Gasteiger partial charge < -0.3 is 5.32 Å². The lowest BCUT2D eigenvalue weighted by Crippen LogP contribution is -2.37. The van der Waals surface area contributed by atoms with Crippen LogP contribution in [0.4, 0.5) is 0 Å². The molecular weight excluding hydrogens is 270 g/mol. The van der Waals surface area contributed by atoms with Crippen LogP contribution in [-0.2, 0) is 13.1 Å². The minimum atomic E-state index is 0.0639. The van der Waals surface area contributed by atoms with Crippen molar-refractivity contribution in [3.8, 4) is 0 Å². The maximum atomic E-state index is 12.2. The largest absolute Gasteiger partial charge is 0.308 e. The Hall–Kier alpha value is -1.20. The van der Waals surface area contributed by atoms with E-state index in [0.717, 1.165) is 22.4 Å². The van der Waals surface area contributed by atoms with Crippen molar-refractivity contribution < 1.29 is 0 Å². The number of fused-ring (bicyclic) bond motifs is 2. The molecule has 0 fully saturated rings. The van der Waals surface area contributed by atoms with Gasteiger partial charge in [0.2, 0.25) is 0 Å². The second kappa shape index (κ2) is 3.68. The van der Waals surface area contributed by atoms with Crippen LogP contribution in [0, 0.1) is 0 Å². The van der Waals surface area contributed by atoms with E-state index in [0.29, 0.717) is 18.5 Å². The van der Waals surface area contributed by atoms with Crippen molar-refractivity contribution in [1.82, 2.24) is 14.9 Å². The highest BCUT2D eigenvalue weighted by Gasteiger charge is 2.13. The van der Waals surface area contributed by atoms with Gasteiger partial charge in [-0.3, -0.25) is 9.36 Å². The van der Waals surface area contributed by atoms with Crippen LogP contribution < -0.4 is 10.9 Å². The van der Waals surface area contributed by atoms with Gasteiger partial charge in [0.25, 0.3) is 5.56 Å². The van der Waals surface area contributed by atoms with Gasteiger partial charge in [0.15, 0.2) is 0 Å². The van der Waals surface area contributed by atoms with E-state index in [-0.39, 0.29) is 5.56 Å². The zero-order chi connectivity index (χ0) is 11.1. The number of aromatic nitrogens is 2. The molecule has 2 heterocycles. The number of rotatable bonds is 0. The Balaban J connectivity index is 2.39. The molecule has 0 spiro atoms. The summed E-state index contributed by atoms with van der Waals surface area (Å²) >= 11 is 3.39. The second-order valence-electron chi connectivity index (χ2n) is 3.82. The van der Waals surface area contributed by atoms with E-state index in [1.54, 1.807) is 4.57 Å². The molecule has 0 unspecified atom stereocenters. The van der Waals surface area contributed by atoms with Crippen LogP contribution >= 0.6 is 15.9 Å². The molecule has 5 heteroatoms. The SMILES string of the molecule is O=c1c2ccc(Br)cc2nc2n1CCNC2. The van der Waals surface area contributed by atoms with Gasteiger partial charge in [-0.1, -0.05) is 15.9 Å². The fraction of sp³-hybridized carbons (Fsp3) is 0.273. The number of halogens is 1. The topological polar surface area (TPSA) is 46.9 Å². The van der Waals surface area contributed by atoms with Crippen molar-refractivity contribution in [3.05, 3.63) is 38.9 Å². The van der Waals surface area contributed by atoms with E-state index >= 15 is 0 Å². The number of nitrogens with zero attached hydrogens (tertiary/aromatic N) is 2. The quantitative estimate of drug-likeness (QED) is 0.790. The molecule has 0 radical (unpaired) electrons. The zero-order valence-corrected chi connectivity index (χ0v) is 10.1. The maximum absolute atomic E-state index is 12.2. The van der Waals surface area contributed by atoms with Crippen molar-refractivity contribution >= 4 is 26.8 Å². The number of hydrogen-bond acceptors (Lipinski definition) is 3. The Bertz CT molecular complexity index is 620. The van der Waals surface area contributed by atoms with Gasteiger partial charge >= 0.3 is 0 Å². The third kappa shape index (κ3) is 1.47. The predicted octanol–water partition coefficient (Wildman–Crippen LogP) is 1.26. The van der Waals surface area contributed by atoms with Gasteiger partial charge in [-0.05, 0) is 18.2 Å².